The van der Waals surface area contributed by atoms with Crippen LogP contribution in [0, 0.1) is 15.3 Å². The van der Waals surface area contributed by atoms with E-state index in [2.05, 4.69) is 0 Å². The second kappa shape index (κ2) is 23.8. The molecule has 0 aliphatic carbocycles. The van der Waals surface area contributed by atoms with Crippen molar-refractivity contribution in [1.29, 1.82) is 0 Å². The quantitative estimate of drug-likeness (QED) is 0.290. The van der Waals surface area contributed by atoms with Gasteiger partial charge in [0.2, 0.25) is 0 Å². The highest BCUT2D eigenvalue weighted by atomic mass is 16.9. The van der Waals surface area contributed by atoms with Crippen molar-refractivity contribution in [2.24, 2.45) is 0 Å². The number of quaternary nitrogens is 3. The molecule has 0 unspecified atom stereocenters. The normalized spacial score (nSPS) is 4.36. The van der Waals surface area contributed by atoms with Gasteiger partial charge in [-0.15, -0.1) is 0 Å². The maximum absolute atomic E-state index is 8.33. The van der Waals surface area contributed by atoms with Crippen LogP contribution in [0.5, 0.6) is 0 Å². The van der Waals surface area contributed by atoms with Gasteiger partial charge in [0.15, 0.2) is 0 Å². The summed E-state index contributed by atoms with van der Waals surface area (Å²) in [5, 5.41) is 31.4. The molecule has 0 aliphatic heterocycles. The van der Waals surface area contributed by atoms with Crippen LogP contribution < -0.4 is 28.7 Å². The van der Waals surface area contributed by atoms with E-state index >= 15 is 0 Å². The highest BCUT2D eigenvalue weighted by Crippen LogP contribution is 1.44. The van der Waals surface area contributed by atoms with Crippen molar-refractivity contribution < 1.29 is 20.1 Å². The molecule has 0 amide bonds. The summed E-state index contributed by atoms with van der Waals surface area (Å²) in [4.78, 5) is 16.6. The number of hydrogen-bond acceptors (Lipinski definition) is 6. The van der Waals surface area contributed by atoms with E-state index < -0.39 is 11.2 Å². The van der Waals surface area contributed by atoms with E-state index in [1.165, 1.54) is 0 Å². The molecule has 11 heavy (non-hydrogen) atoms. The Hall–Kier alpha value is -1.65. The molecule has 10 nitrogen and oxygen atoms in total. The molecule has 0 saturated carbocycles. The fraction of sp³-hybridized carbons (Fsp3) is 0. The molecule has 0 aromatic carbocycles. The molecule has 0 aromatic rings. The number of nitrogens with zero attached hydrogens (tertiary/aromatic N) is 1. The van der Waals surface area contributed by atoms with Crippen molar-refractivity contribution >= 4 is 6.16 Å². The lowest BCUT2D eigenvalue weighted by Crippen LogP contribution is -2.37. The van der Waals surface area contributed by atoms with Crippen LogP contribution in [0.25, 0.3) is 0 Å². The Bertz CT molecular complexity index is 72.6. The Balaban J connectivity index is -0.0000000171. The average Bonchev–Trinajstić information content (AvgIpc) is 1.25. The second-order valence-corrected chi connectivity index (χ2v) is 0.474. The zero-order chi connectivity index (χ0) is 7.15. The number of carbonyl (C=O) groups excluding carboxylic acids is 1. The molecule has 0 fully saturated rings. The molecule has 0 bridgehead atoms. The minimum Gasteiger partial charge on any atom is -0.652 e. The van der Waals surface area contributed by atoms with E-state index in [0.717, 1.165) is 0 Å². The Morgan fingerprint density at radius 2 is 1.00 bits per heavy atom. The first-order valence-corrected chi connectivity index (χ1v) is 1.16. The van der Waals surface area contributed by atoms with Gasteiger partial charge >= 0.3 is 0 Å². The number of carbonyl (C=O) groups is 1. The van der Waals surface area contributed by atoms with Crippen molar-refractivity contribution in [2.45, 2.75) is 0 Å². The summed E-state index contributed by atoms with van der Waals surface area (Å²) in [5.41, 5.74) is 0. The van der Waals surface area contributed by atoms with Crippen molar-refractivity contribution in [3.63, 3.8) is 0 Å². The average molecular weight is 176 g/mol. The lowest BCUT2D eigenvalue weighted by atomic mass is 11.5. The van der Waals surface area contributed by atoms with Crippen LogP contribution in [0.2, 0.25) is 0 Å². The molecule has 0 atom stereocenters. The fourth-order valence-electron chi connectivity index (χ4n) is 0. The van der Waals surface area contributed by atoms with Gasteiger partial charge in [-0.1, -0.05) is 0 Å². The summed E-state index contributed by atoms with van der Waals surface area (Å²) in [6.45, 7) is 0. The zero-order valence-corrected chi connectivity index (χ0v) is 6.40. The van der Waals surface area contributed by atoms with Crippen LogP contribution >= 0.6 is 0 Å². The van der Waals surface area contributed by atoms with E-state index in [1.54, 1.807) is 0 Å². The molecule has 10 heteroatoms. The molecule has 0 saturated heterocycles. The molecular weight excluding hydrogens is 164 g/mol. The van der Waals surface area contributed by atoms with Crippen LogP contribution in [0.4, 0.5) is 4.79 Å². The van der Waals surface area contributed by atoms with Gasteiger partial charge < -0.3 is 48.8 Å². The lowest BCUT2D eigenvalue weighted by Gasteiger charge is -1.96. The standard InChI is InChI=1S/CH2O3.NO3.3H3N/c2*2-1(3)4;;;/h(H2,2,3,4);;3*1H3/q;-1;;;/p+1. The monoisotopic (exact) mass is 176 g/mol. The largest absolute Gasteiger partial charge is 0.652 e. The molecule has 0 aliphatic rings. The summed E-state index contributed by atoms with van der Waals surface area (Å²) < 4.78 is 0. The molecule has 0 rings (SSSR count). The molecule has 0 spiro atoms. The topological polar surface area (TPSA) is 239 Å². The zero-order valence-electron chi connectivity index (χ0n) is 6.40. The third kappa shape index (κ3) is 124. The SMILES string of the molecule is O=C([O-])[O-].O=[N+]([O-])[O-].[NH4+].[NH4+].[NH4+]. The molecule has 72 valence electrons. The van der Waals surface area contributed by atoms with Crippen molar-refractivity contribution in [2.75, 3.05) is 0 Å². The summed E-state index contributed by atoms with van der Waals surface area (Å²) >= 11 is 0. The van der Waals surface area contributed by atoms with Crippen LogP contribution in [0.1, 0.15) is 0 Å². The van der Waals surface area contributed by atoms with Gasteiger partial charge in [-0.05, 0) is 6.16 Å². The van der Waals surface area contributed by atoms with E-state index in [9.17, 15) is 0 Å². The van der Waals surface area contributed by atoms with Gasteiger partial charge in [0.05, 0.1) is 5.09 Å². The second-order valence-electron chi connectivity index (χ2n) is 0.474. The first-order valence-electron chi connectivity index (χ1n) is 1.16. The summed E-state index contributed by atoms with van der Waals surface area (Å²) in [6, 6.07) is 0. The molecular formula is CH12N4O6. The van der Waals surface area contributed by atoms with Crippen molar-refractivity contribution in [3.8, 4) is 0 Å². The first kappa shape index (κ1) is 34.5. The number of rotatable bonds is 0. The highest BCUT2D eigenvalue weighted by Gasteiger charge is 1.45. The summed E-state index contributed by atoms with van der Waals surface area (Å²) in [5.74, 6) is 0. The van der Waals surface area contributed by atoms with E-state index in [-0.39, 0.29) is 18.5 Å². The molecule has 0 radical (unpaired) electrons. The van der Waals surface area contributed by atoms with Crippen LogP contribution in [0.3, 0.4) is 0 Å². The van der Waals surface area contributed by atoms with Crippen molar-refractivity contribution in [1.82, 2.24) is 18.5 Å². The Morgan fingerprint density at radius 1 is 1.00 bits per heavy atom. The van der Waals surface area contributed by atoms with E-state index in [4.69, 9.17) is 30.3 Å². The van der Waals surface area contributed by atoms with Gasteiger partial charge in [-0.25, -0.2) is 0 Å². The van der Waals surface area contributed by atoms with Crippen LogP contribution in [-0.2, 0) is 0 Å². The molecule has 0 heterocycles. The van der Waals surface area contributed by atoms with Gasteiger partial charge in [0.1, 0.15) is 0 Å². The summed E-state index contributed by atoms with van der Waals surface area (Å²) in [7, 11) is 0. The van der Waals surface area contributed by atoms with Crippen LogP contribution in [0.15, 0.2) is 0 Å². The third-order valence-electron chi connectivity index (χ3n) is 0. The maximum atomic E-state index is 8.33. The fourth-order valence-corrected chi connectivity index (χ4v) is 0. The lowest BCUT2D eigenvalue weighted by molar-refractivity contribution is -0.415. The number of carboxylic acid groups (broad SMARTS) is 2. The highest BCUT2D eigenvalue weighted by molar-refractivity contribution is 5.47. The minimum absolute atomic E-state index is 0. The third-order valence-corrected chi connectivity index (χ3v) is 0. The Morgan fingerprint density at radius 3 is 1.00 bits per heavy atom. The summed E-state index contributed by atoms with van der Waals surface area (Å²) in [6.07, 6.45) is -2.33. The van der Waals surface area contributed by atoms with E-state index in [1.807, 2.05) is 0 Å². The van der Waals surface area contributed by atoms with Gasteiger partial charge in [0, 0.05) is 0 Å². The number of hydrogen-bond donors (Lipinski definition) is 3. The Labute approximate surface area is 61.3 Å². The molecule has 0 aromatic heterocycles. The van der Waals surface area contributed by atoms with Gasteiger partial charge in [0.25, 0.3) is 0 Å². The smallest absolute Gasteiger partial charge is 0.0689 e. The van der Waals surface area contributed by atoms with Crippen LogP contribution in [-0.4, -0.2) is 11.2 Å². The maximum Gasteiger partial charge on any atom is 0.0689 e. The van der Waals surface area contributed by atoms with Gasteiger partial charge in [-0.3, -0.25) is 0 Å². The minimum atomic E-state index is -2.33. The first-order chi connectivity index (χ1) is 3.46. The van der Waals surface area contributed by atoms with Gasteiger partial charge in [-0.2, -0.15) is 0 Å². The molecule has 12 N–H and O–H groups in total. The predicted octanol–water partition coefficient (Wildman–Crippen LogP) is -1.56. The predicted molar refractivity (Wildman–Crippen MR) is 33.7 cm³/mol. The van der Waals surface area contributed by atoms with E-state index in [0.29, 0.717) is 0 Å². The Kier molecular flexibility index (Phi) is 74.7. The van der Waals surface area contributed by atoms with Crippen molar-refractivity contribution in [3.05, 3.63) is 15.3 Å².